The zero-order valence-corrected chi connectivity index (χ0v) is 14.1. The number of aromatic nitrogens is 3. The first-order valence-electron chi connectivity index (χ1n) is 8.29. The lowest BCUT2D eigenvalue weighted by Gasteiger charge is -2.32. The molecule has 0 radical (unpaired) electrons. The molecule has 1 aliphatic heterocycles. The largest absolute Gasteiger partial charge is 0.497 e. The summed E-state index contributed by atoms with van der Waals surface area (Å²) >= 11 is 0. The average molecular weight is 329 g/mol. The predicted octanol–water partition coefficient (Wildman–Crippen LogP) is 2.72. The first-order valence-corrected chi connectivity index (χ1v) is 8.29. The van der Waals surface area contributed by atoms with Gasteiger partial charge in [-0.15, -0.1) is 10.2 Å². The number of carbonyl (C=O) groups excluding carboxylic acids is 1. The maximum absolute atomic E-state index is 12.5. The summed E-state index contributed by atoms with van der Waals surface area (Å²) in [5, 5.41) is 11.2. The topological polar surface area (TPSA) is 72.3 Å². The van der Waals surface area contributed by atoms with Crippen molar-refractivity contribution in [3.05, 3.63) is 36.4 Å². The van der Waals surface area contributed by atoms with Crippen molar-refractivity contribution in [3.63, 3.8) is 0 Å². The van der Waals surface area contributed by atoms with E-state index in [0.717, 1.165) is 43.2 Å². The van der Waals surface area contributed by atoms with Crippen molar-refractivity contribution in [1.82, 2.24) is 19.7 Å². The van der Waals surface area contributed by atoms with Crippen LogP contribution in [0.25, 0.3) is 0 Å². The third-order valence-electron chi connectivity index (χ3n) is 4.40. The van der Waals surface area contributed by atoms with Gasteiger partial charge in [-0.25, -0.2) is 4.79 Å². The number of nitrogens with zero attached hydrogens (tertiary/aromatic N) is 4. The monoisotopic (exact) mass is 329 g/mol. The molecule has 0 bridgehead atoms. The number of piperidine rings is 1. The number of hydrogen-bond acceptors (Lipinski definition) is 4. The Kier molecular flexibility index (Phi) is 4.98. The molecule has 2 aromatic rings. The van der Waals surface area contributed by atoms with Crippen molar-refractivity contribution in [2.45, 2.75) is 32.2 Å². The SMILES string of the molecule is CCn1cnnc1C1CCCN(C(=O)Nc2ccc(OC)cc2)C1. The molecule has 1 aliphatic rings. The summed E-state index contributed by atoms with van der Waals surface area (Å²) in [5.41, 5.74) is 0.764. The molecule has 1 saturated heterocycles. The number of benzene rings is 1. The fourth-order valence-electron chi connectivity index (χ4n) is 3.07. The molecule has 24 heavy (non-hydrogen) atoms. The number of rotatable bonds is 4. The molecule has 1 atom stereocenters. The van der Waals surface area contributed by atoms with Gasteiger partial charge in [-0.2, -0.15) is 0 Å². The number of likely N-dealkylation sites (tertiary alicyclic amines) is 1. The van der Waals surface area contributed by atoms with Crippen LogP contribution in [0.15, 0.2) is 30.6 Å². The third-order valence-corrected chi connectivity index (χ3v) is 4.40. The maximum atomic E-state index is 12.5. The van der Waals surface area contributed by atoms with Crippen molar-refractivity contribution >= 4 is 11.7 Å². The molecule has 0 saturated carbocycles. The summed E-state index contributed by atoms with van der Waals surface area (Å²) in [6.45, 7) is 4.35. The van der Waals surface area contributed by atoms with Gasteiger partial charge in [0.05, 0.1) is 7.11 Å². The zero-order valence-electron chi connectivity index (χ0n) is 14.1. The number of aryl methyl sites for hydroxylation is 1. The minimum Gasteiger partial charge on any atom is -0.497 e. The lowest BCUT2D eigenvalue weighted by atomic mass is 9.97. The van der Waals surface area contributed by atoms with Crippen LogP contribution in [-0.2, 0) is 6.54 Å². The Hall–Kier alpha value is -2.57. The molecule has 1 aromatic heterocycles. The lowest BCUT2D eigenvalue weighted by molar-refractivity contribution is 0.190. The minimum atomic E-state index is -0.0765. The molecule has 7 heteroatoms. The number of hydrogen-bond donors (Lipinski definition) is 1. The van der Waals surface area contributed by atoms with E-state index in [0.29, 0.717) is 6.54 Å². The smallest absolute Gasteiger partial charge is 0.321 e. The number of amides is 2. The average Bonchev–Trinajstić information content (AvgIpc) is 3.11. The normalized spacial score (nSPS) is 17.6. The Bertz CT molecular complexity index is 683. The van der Waals surface area contributed by atoms with Gasteiger partial charge >= 0.3 is 6.03 Å². The Labute approximate surface area is 141 Å². The number of anilines is 1. The van der Waals surface area contributed by atoms with Crippen LogP contribution in [0, 0.1) is 0 Å². The quantitative estimate of drug-likeness (QED) is 0.936. The molecule has 128 valence electrons. The van der Waals surface area contributed by atoms with E-state index in [1.54, 1.807) is 13.4 Å². The van der Waals surface area contributed by atoms with E-state index in [1.807, 2.05) is 29.2 Å². The minimum absolute atomic E-state index is 0.0765. The van der Waals surface area contributed by atoms with E-state index in [-0.39, 0.29) is 11.9 Å². The van der Waals surface area contributed by atoms with E-state index in [2.05, 4.69) is 27.0 Å². The highest BCUT2D eigenvalue weighted by Gasteiger charge is 2.27. The Balaban J connectivity index is 1.64. The summed E-state index contributed by atoms with van der Waals surface area (Å²) in [5.74, 6) is 1.98. The van der Waals surface area contributed by atoms with E-state index in [4.69, 9.17) is 4.74 Å². The lowest BCUT2D eigenvalue weighted by Crippen LogP contribution is -2.42. The molecular weight excluding hydrogens is 306 g/mol. The fourth-order valence-corrected chi connectivity index (χ4v) is 3.07. The van der Waals surface area contributed by atoms with Crippen molar-refractivity contribution in [1.29, 1.82) is 0 Å². The predicted molar refractivity (Wildman–Crippen MR) is 91.3 cm³/mol. The Morgan fingerprint density at radius 2 is 2.17 bits per heavy atom. The second-order valence-electron chi connectivity index (χ2n) is 5.92. The molecule has 1 aromatic carbocycles. The van der Waals surface area contributed by atoms with Crippen molar-refractivity contribution in [2.75, 3.05) is 25.5 Å². The van der Waals surface area contributed by atoms with E-state index in [1.165, 1.54) is 0 Å². The maximum Gasteiger partial charge on any atom is 0.321 e. The number of nitrogens with one attached hydrogen (secondary N) is 1. The van der Waals surface area contributed by atoms with Gasteiger partial charge in [0.2, 0.25) is 0 Å². The van der Waals surface area contributed by atoms with E-state index >= 15 is 0 Å². The van der Waals surface area contributed by atoms with Crippen molar-refractivity contribution < 1.29 is 9.53 Å². The molecule has 1 unspecified atom stereocenters. The van der Waals surface area contributed by atoms with Gasteiger partial charge in [-0.1, -0.05) is 0 Å². The standard InChI is InChI=1S/C17H23N5O2/c1-3-21-12-18-20-16(21)13-5-4-10-22(11-13)17(23)19-14-6-8-15(24-2)9-7-14/h6-9,12-13H,3-5,10-11H2,1-2H3,(H,19,23). The van der Waals surface area contributed by atoms with E-state index in [9.17, 15) is 4.79 Å². The first kappa shape index (κ1) is 16.3. The van der Waals surface area contributed by atoms with Gasteiger partial charge in [-0.05, 0) is 44.0 Å². The van der Waals surface area contributed by atoms with Crippen LogP contribution in [0.5, 0.6) is 5.75 Å². The fraction of sp³-hybridized carbons (Fsp3) is 0.471. The highest BCUT2D eigenvalue weighted by atomic mass is 16.5. The molecule has 1 fully saturated rings. The molecule has 2 amide bonds. The second-order valence-corrected chi connectivity index (χ2v) is 5.92. The first-order chi connectivity index (χ1) is 11.7. The van der Waals surface area contributed by atoms with Crippen LogP contribution in [0.1, 0.15) is 31.5 Å². The number of methoxy groups -OCH3 is 1. The number of carbonyl (C=O) groups is 1. The summed E-state index contributed by atoms with van der Waals surface area (Å²) in [6.07, 6.45) is 3.76. The summed E-state index contributed by atoms with van der Waals surface area (Å²) < 4.78 is 7.18. The number of ether oxygens (including phenoxy) is 1. The van der Waals surface area contributed by atoms with Crippen molar-refractivity contribution in [2.24, 2.45) is 0 Å². The molecule has 0 aliphatic carbocycles. The summed E-state index contributed by atoms with van der Waals surface area (Å²) in [7, 11) is 1.62. The van der Waals surface area contributed by atoms with Crippen LogP contribution in [0.4, 0.5) is 10.5 Å². The van der Waals surface area contributed by atoms with Gasteiger partial charge in [0.25, 0.3) is 0 Å². The number of urea groups is 1. The van der Waals surface area contributed by atoms with Crippen molar-refractivity contribution in [3.8, 4) is 5.75 Å². The van der Waals surface area contributed by atoms with Crippen LogP contribution in [0.3, 0.4) is 0 Å². The highest BCUT2D eigenvalue weighted by molar-refractivity contribution is 5.89. The van der Waals surface area contributed by atoms with Gasteiger partial charge < -0.3 is 19.5 Å². The molecule has 3 rings (SSSR count). The summed E-state index contributed by atoms with van der Waals surface area (Å²) in [6, 6.07) is 7.27. The Morgan fingerprint density at radius 1 is 1.38 bits per heavy atom. The van der Waals surface area contributed by atoms with Gasteiger partial charge in [0.15, 0.2) is 0 Å². The molecule has 0 spiro atoms. The molecular formula is C17H23N5O2. The highest BCUT2D eigenvalue weighted by Crippen LogP contribution is 2.26. The van der Waals surface area contributed by atoms with E-state index < -0.39 is 0 Å². The van der Waals surface area contributed by atoms with Crippen LogP contribution in [0.2, 0.25) is 0 Å². The zero-order chi connectivity index (χ0) is 16.9. The van der Waals surface area contributed by atoms with Gasteiger partial charge in [0, 0.05) is 31.2 Å². The van der Waals surface area contributed by atoms with Gasteiger partial charge in [0.1, 0.15) is 17.9 Å². The van der Waals surface area contributed by atoms with Gasteiger partial charge in [-0.3, -0.25) is 0 Å². The summed E-state index contributed by atoms with van der Waals surface area (Å²) in [4.78, 5) is 14.4. The molecule has 1 N–H and O–H groups in total. The van der Waals surface area contributed by atoms with Crippen LogP contribution >= 0.6 is 0 Å². The molecule has 7 nitrogen and oxygen atoms in total. The third kappa shape index (κ3) is 3.50. The molecule has 2 heterocycles. The Morgan fingerprint density at radius 3 is 2.88 bits per heavy atom. The van der Waals surface area contributed by atoms with Crippen LogP contribution < -0.4 is 10.1 Å². The second kappa shape index (κ2) is 7.33. The van der Waals surface area contributed by atoms with Crippen LogP contribution in [-0.4, -0.2) is 45.9 Å².